The summed E-state index contributed by atoms with van der Waals surface area (Å²) in [6.07, 6.45) is 2.28. The average molecular weight is 142 g/mol. The van der Waals surface area contributed by atoms with Crippen LogP contribution in [0.25, 0.3) is 0 Å². The fourth-order valence-electron chi connectivity index (χ4n) is 0.403. The minimum absolute atomic E-state index is 0.00694. The number of furan rings is 1. The van der Waals surface area contributed by atoms with Crippen molar-refractivity contribution in [3.8, 4) is 0 Å². The zero-order valence-electron chi connectivity index (χ0n) is 5.53. The maximum Gasteiger partial charge on any atom is 0.129 e. The monoisotopic (exact) mass is 142 g/mol. The zero-order chi connectivity index (χ0) is 7.82. The summed E-state index contributed by atoms with van der Waals surface area (Å²) in [5.41, 5.74) is 0. The largest absolute Gasteiger partial charge is 0.516 e. The van der Waals surface area contributed by atoms with Crippen molar-refractivity contribution < 1.29 is 14.6 Å². The van der Waals surface area contributed by atoms with Crippen LogP contribution in [0.5, 0.6) is 0 Å². The van der Waals surface area contributed by atoms with Gasteiger partial charge in [-0.3, -0.25) is 0 Å². The van der Waals surface area contributed by atoms with Gasteiger partial charge in [-0.15, -0.1) is 0 Å². The highest BCUT2D eigenvalue weighted by molar-refractivity contribution is 4.95. The van der Waals surface area contributed by atoms with E-state index in [0.29, 0.717) is 5.76 Å². The third-order valence-electron chi connectivity index (χ3n) is 0.736. The van der Waals surface area contributed by atoms with Gasteiger partial charge in [-0.05, 0) is 12.1 Å². The molecule has 0 aliphatic carbocycles. The predicted octanol–water partition coefficient (Wildman–Crippen LogP) is 1.46. The van der Waals surface area contributed by atoms with E-state index < -0.39 is 0 Å². The van der Waals surface area contributed by atoms with E-state index in [0.717, 1.165) is 6.26 Å². The maximum absolute atomic E-state index is 8.33. The van der Waals surface area contributed by atoms with E-state index in [1.807, 2.05) is 0 Å². The molecule has 3 heteroatoms. The smallest absolute Gasteiger partial charge is 0.129 e. The first-order chi connectivity index (χ1) is 4.85. The lowest BCUT2D eigenvalue weighted by molar-refractivity contribution is 0.247. The highest BCUT2D eigenvalue weighted by atomic mass is 16.4. The summed E-state index contributed by atoms with van der Waals surface area (Å²) < 4.78 is 4.73. The molecule has 0 saturated heterocycles. The van der Waals surface area contributed by atoms with E-state index in [2.05, 4.69) is 6.58 Å². The molecule has 0 radical (unpaired) electrons. The SMILES string of the molecule is C=CO.OCc1ccco1. The van der Waals surface area contributed by atoms with Gasteiger partial charge in [0.1, 0.15) is 12.4 Å². The molecule has 0 aromatic carbocycles. The molecule has 0 aliphatic heterocycles. The Morgan fingerprint density at radius 3 is 2.50 bits per heavy atom. The van der Waals surface area contributed by atoms with Crippen LogP contribution in [-0.4, -0.2) is 10.2 Å². The fourth-order valence-corrected chi connectivity index (χ4v) is 0.403. The van der Waals surface area contributed by atoms with E-state index >= 15 is 0 Å². The summed E-state index contributed by atoms with van der Waals surface area (Å²) >= 11 is 0. The molecule has 56 valence electrons. The Labute approximate surface area is 59.2 Å². The third-order valence-corrected chi connectivity index (χ3v) is 0.736. The first-order valence-corrected chi connectivity index (χ1v) is 2.73. The topological polar surface area (TPSA) is 53.6 Å². The lowest BCUT2D eigenvalue weighted by Crippen LogP contribution is -1.72. The van der Waals surface area contributed by atoms with Crippen molar-refractivity contribution in [1.29, 1.82) is 0 Å². The second-order valence-electron chi connectivity index (χ2n) is 1.42. The zero-order valence-corrected chi connectivity index (χ0v) is 5.53. The molecule has 0 spiro atoms. The fraction of sp³-hybridized carbons (Fsp3) is 0.143. The molecular formula is C7H10O3. The summed E-state index contributed by atoms with van der Waals surface area (Å²) in [5.74, 6) is 0.611. The Balaban J connectivity index is 0.000000236. The second kappa shape index (κ2) is 5.91. The number of aliphatic hydroxyl groups is 2. The van der Waals surface area contributed by atoms with Crippen molar-refractivity contribution in [3.63, 3.8) is 0 Å². The molecular weight excluding hydrogens is 132 g/mol. The van der Waals surface area contributed by atoms with Gasteiger partial charge in [0, 0.05) is 0 Å². The molecule has 1 aromatic rings. The lowest BCUT2D eigenvalue weighted by atomic mass is 10.5. The highest BCUT2D eigenvalue weighted by Crippen LogP contribution is 1.96. The molecule has 1 heterocycles. The minimum atomic E-state index is -0.00694. The first-order valence-electron chi connectivity index (χ1n) is 2.73. The first kappa shape index (κ1) is 8.78. The van der Waals surface area contributed by atoms with Crippen LogP contribution in [0.1, 0.15) is 5.76 Å². The van der Waals surface area contributed by atoms with Crippen LogP contribution >= 0.6 is 0 Å². The molecule has 0 unspecified atom stereocenters. The van der Waals surface area contributed by atoms with Crippen LogP contribution in [0, 0.1) is 0 Å². The molecule has 0 saturated carbocycles. The van der Waals surface area contributed by atoms with Crippen LogP contribution in [0.2, 0.25) is 0 Å². The number of hydrogen-bond donors (Lipinski definition) is 2. The van der Waals surface area contributed by atoms with Gasteiger partial charge in [0.2, 0.25) is 0 Å². The summed E-state index contributed by atoms with van der Waals surface area (Å²) in [5, 5.41) is 15.7. The molecule has 0 atom stereocenters. The van der Waals surface area contributed by atoms with Crippen molar-refractivity contribution in [2.24, 2.45) is 0 Å². The van der Waals surface area contributed by atoms with E-state index in [1.165, 1.54) is 6.26 Å². The quantitative estimate of drug-likeness (QED) is 0.583. The molecule has 1 rings (SSSR count). The number of rotatable bonds is 1. The van der Waals surface area contributed by atoms with Gasteiger partial charge in [0.05, 0.1) is 12.5 Å². The van der Waals surface area contributed by atoms with Gasteiger partial charge >= 0.3 is 0 Å². The molecule has 0 amide bonds. The molecule has 2 N–H and O–H groups in total. The van der Waals surface area contributed by atoms with E-state index in [1.54, 1.807) is 12.1 Å². The standard InChI is InChI=1S/C5H6O2.C2H4O/c6-4-5-2-1-3-7-5;1-2-3/h1-3,6H,4H2;2-3H,1H2. The van der Waals surface area contributed by atoms with Crippen molar-refractivity contribution in [2.45, 2.75) is 6.61 Å². The Hall–Kier alpha value is -1.22. The summed E-state index contributed by atoms with van der Waals surface area (Å²) in [7, 11) is 0. The van der Waals surface area contributed by atoms with Crippen LogP contribution in [0.15, 0.2) is 35.7 Å². The van der Waals surface area contributed by atoms with Gasteiger partial charge in [0.15, 0.2) is 0 Å². The normalized spacial score (nSPS) is 7.70. The Kier molecular flexibility index (Phi) is 5.19. The molecule has 3 nitrogen and oxygen atoms in total. The van der Waals surface area contributed by atoms with Crippen molar-refractivity contribution in [3.05, 3.63) is 37.0 Å². The summed E-state index contributed by atoms with van der Waals surface area (Å²) in [6.45, 7) is 2.91. The molecule has 0 fully saturated rings. The third kappa shape index (κ3) is 3.74. The van der Waals surface area contributed by atoms with Crippen LogP contribution in [-0.2, 0) is 6.61 Å². The Morgan fingerprint density at radius 2 is 2.30 bits per heavy atom. The Bertz CT molecular complexity index is 155. The van der Waals surface area contributed by atoms with Crippen molar-refractivity contribution in [2.75, 3.05) is 0 Å². The predicted molar refractivity (Wildman–Crippen MR) is 37.5 cm³/mol. The van der Waals surface area contributed by atoms with Gasteiger partial charge in [-0.1, -0.05) is 6.58 Å². The van der Waals surface area contributed by atoms with E-state index in [-0.39, 0.29) is 6.61 Å². The minimum Gasteiger partial charge on any atom is -0.516 e. The molecule has 0 aliphatic rings. The van der Waals surface area contributed by atoms with Crippen LogP contribution in [0.4, 0.5) is 0 Å². The lowest BCUT2D eigenvalue weighted by Gasteiger charge is -1.79. The number of hydrogen-bond acceptors (Lipinski definition) is 3. The summed E-state index contributed by atoms with van der Waals surface area (Å²) in [4.78, 5) is 0. The molecule has 10 heavy (non-hydrogen) atoms. The van der Waals surface area contributed by atoms with Gasteiger partial charge in [0.25, 0.3) is 0 Å². The maximum atomic E-state index is 8.33. The second-order valence-corrected chi connectivity index (χ2v) is 1.42. The highest BCUT2D eigenvalue weighted by Gasteiger charge is 1.85. The summed E-state index contributed by atoms with van der Waals surface area (Å²) in [6, 6.07) is 3.46. The van der Waals surface area contributed by atoms with Crippen LogP contribution < -0.4 is 0 Å². The molecule has 1 aromatic heterocycles. The molecule has 0 bridgehead atoms. The van der Waals surface area contributed by atoms with Gasteiger partial charge in [-0.25, -0.2) is 0 Å². The number of aliphatic hydroxyl groups excluding tert-OH is 2. The van der Waals surface area contributed by atoms with Crippen molar-refractivity contribution in [1.82, 2.24) is 0 Å². The van der Waals surface area contributed by atoms with E-state index in [9.17, 15) is 0 Å². The van der Waals surface area contributed by atoms with Gasteiger partial charge in [-0.2, -0.15) is 0 Å². The van der Waals surface area contributed by atoms with Crippen LogP contribution in [0.3, 0.4) is 0 Å². The van der Waals surface area contributed by atoms with Gasteiger partial charge < -0.3 is 14.6 Å². The van der Waals surface area contributed by atoms with E-state index in [4.69, 9.17) is 14.6 Å². The average Bonchev–Trinajstić information content (AvgIpc) is 2.39. The van der Waals surface area contributed by atoms with Crippen molar-refractivity contribution >= 4 is 0 Å². The Morgan fingerprint density at radius 1 is 1.70 bits per heavy atom.